The first-order chi connectivity index (χ1) is 10.9. The zero-order valence-electron chi connectivity index (χ0n) is 12.8. The van der Waals surface area contributed by atoms with Crippen LogP contribution in [0.15, 0.2) is 24.3 Å². The molecule has 0 aromatic heterocycles. The average molecular weight is 363 g/mol. The van der Waals surface area contributed by atoms with Crippen LogP contribution in [-0.2, 0) is 29.8 Å². The molecule has 1 aromatic rings. The largest absolute Gasteiger partial charge is 0.497 e. The quantitative estimate of drug-likeness (QED) is 0.415. The van der Waals surface area contributed by atoms with Gasteiger partial charge >= 0.3 is 13.6 Å². The van der Waals surface area contributed by atoms with Gasteiger partial charge in [0.2, 0.25) is 5.78 Å². The number of esters is 1. The number of hydrogen-bond donors (Lipinski definition) is 2. The molecule has 23 heavy (non-hydrogen) atoms. The summed E-state index contributed by atoms with van der Waals surface area (Å²) in [5.41, 5.74) is 0.680. The normalized spacial score (nSPS) is 12.3. The van der Waals surface area contributed by atoms with Gasteiger partial charge in [-0.3, -0.25) is 9.36 Å². The highest BCUT2D eigenvalue weighted by atomic mass is 32.1. The standard InChI is InChI=1S/C13H18NO7PS/c1-18-10-6-4-9(5-7-10)8-21-12(15)11(14-13(16)23)22(17,19-2)20-3/h4-7,11H,8H2,1-3H3,(H2,14,16,23). The van der Waals surface area contributed by atoms with Gasteiger partial charge in [-0.25, -0.2) is 4.79 Å². The Morgan fingerprint density at radius 1 is 1.17 bits per heavy atom. The lowest BCUT2D eigenvalue weighted by Gasteiger charge is -2.22. The third-order valence-corrected chi connectivity index (χ3v) is 4.97. The summed E-state index contributed by atoms with van der Waals surface area (Å²) in [6.07, 6.45) is 0. The molecule has 0 heterocycles. The molecule has 10 heteroatoms. The van der Waals surface area contributed by atoms with Gasteiger partial charge in [0.05, 0.1) is 7.11 Å². The lowest BCUT2D eigenvalue weighted by molar-refractivity contribution is -0.145. The minimum absolute atomic E-state index is 0.0881. The summed E-state index contributed by atoms with van der Waals surface area (Å²) in [5.74, 6) is -1.92. The van der Waals surface area contributed by atoms with Crippen molar-refractivity contribution in [3.05, 3.63) is 29.8 Å². The zero-order valence-corrected chi connectivity index (χ0v) is 14.6. The zero-order chi connectivity index (χ0) is 17.5. The predicted octanol–water partition coefficient (Wildman–Crippen LogP) is 2.19. The SMILES string of the molecule is COc1ccc(COC(=O)C(NC(=O)S)P(=O)(OC)OC)cc1. The second-order valence-corrected chi connectivity index (χ2v) is 6.95. The van der Waals surface area contributed by atoms with Gasteiger partial charge in [0, 0.05) is 14.2 Å². The van der Waals surface area contributed by atoms with Gasteiger partial charge < -0.3 is 23.8 Å². The Labute approximate surface area is 139 Å². The topological polar surface area (TPSA) is 100 Å². The van der Waals surface area contributed by atoms with E-state index in [0.717, 1.165) is 14.2 Å². The van der Waals surface area contributed by atoms with E-state index in [4.69, 9.17) is 18.5 Å². The predicted molar refractivity (Wildman–Crippen MR) is 85.7 cm³/mol. The van der Waals surface area contributed by atoms with Gasteiger partial charge in [0.15, 0.2) is 0 Å². The van der Waals surface area contributed by atoms with Crippen LogP contribution in [0.3, 0.4) is 0 Å². The highest BCUT2D eigenvalue weighted by molar-refractivity contribution is 7.96. The number of hydrogen-bond acceptors (Lipinski definition) is 7. The minimum Gasteiger partial charge on any atom is -0.497 e. The van der Waals surface area contributed by atoms with Gasteiger partial charge in [0.25, 0.3) is 5.24 Å². The summed E-state index contributed by atoms with van der Waals surface area (Å²) >= 11 is 3.50. The molecular formula is C13H18NO7PS. The Morgan fingerprint density at radius 3 is 2.17 bits per heavy atom. The van der Waals surface area contributed by atoms with Crippen LogP contribution in [0.5, 0.6) is 5.75 Å². The number of carbonyl (C=O) groups is 2. The van der Waals surface area contributed by atoms with Crippen molar-refractivity contribution in [2.75, 3.05) is 21.3 Å². The molecule has 0 aliphatic carbocycles. The van der Waals surface area contributed by atoms with E-state index >= 15 is 0 Å². The Balaban J connectivity index is 2.80. The molecule has 1 amide bonds. The van der Waals surface area contributed by atoms with Crippen LogP contribution in [0.25, 0.3) is 0 Å². The Kier molecular flexibility index (Phi) is 7.57. The van der Waals surface area contributed by atoms with Crippen molar-refractivity contribution in [1.82, 2.24) is 5.32 Å². The monoisotopic (exact) mass is 363 g/mol. The number of amides is 1. The van der Waals surface area contributed by atoms with Gasteiger partial charge in [-0.05, 0) is 17.7 Å². The Bertz CT molecular complexity index is 584. The van der Waals surface area contributed by atoms with E-state index in [9.17, 15) is 14.2 Å². The van der Waals surface area contributed by atoms with Crippen molar-refractivity contribution in [3.8, 4) is 5.75 Å². The van der Waals surface area contributed by atoms with Crippen molar-refractivity contribution < 1.29 is 32.7 Å². The van der Waals surface area contributed by atoms with Crippen LogP contribution >= 0.6 is 20.2 Å². The first-order valence-corrected chi connectivity index (χ1v) is 8.42. The van der Waals surface area contributed by atoms with E-state index in [0.29, 0.717) is 11.3 Å². The first kappa shape index (κ1) is 19.5. The minimum atomic E-state index is -3.91. The highest BCUT2D eigenvalue weighted by Crippen LogP contribution is 2.50. The summed E-state index contributed by atoms with van der Waals surface area (Å²) in [7, 11) is -0.184. The Morgan fingerprint density at radius 2 is 1.74 bits per heavy atom. The molecule has 0 saturated heterocycles. The number of benzene rings is 1. The van der Waals surface area contributed by atoms with Crippen molar-refractivity contribution >= 4 is 31.4 Å². The molecule has 8 nitrogen and oxygen atoms in total. The molecule has 1 atom stereocenters. The van der Waals surface area contributed by atoms with Crippen LogP contribution < -0.4 is 10.1 Å². The molecule has 0 fully saturated rings. The van der Waals surface area contributed by atoms with Crippen molar-refractivity contribution in [2.24, 2.45) is 0 Å². The van der Waals surface area contributed by atoms with E-state index in [1.165, 1.54) is 7.11 Å². The van der Waals surface area contributed by atoms with E-state index < -0.39 is 24.6 Å². The third-order valence-electron chi connectivity index (χ3n) is 2.85. The van der Waals surface area contributed by atoms with Gasteiger partial charge in [-0.2, -0.15) is 0 Å². The second kappa shape index (κ2) is 8.93. The molecule has 0 bridgehead atoms. The number of rotatable bonds is 8. The van der Waals surface area contributed by atoms with Crippen LogP contribution in [0.4, 0.5) is 4.79 Å². The smallest absolute Gasteiger partial charge is 0.363 e. The van der Waals surface area contributed by atoms with Crippen LogP contribution in [0.1, 0.15) is 5.56 Å². The molecule has 0 saturated carbocycles. The van der Waals surface area contributed by atoms with E-state index in [1.54, 1.807) is 24.3 Å². The van der Waals surface area contributed by atoms with Crippen LogP contribution in [-0.4, -0.2) is 38.3 Å². The number of ether oxygens (including phenoxy) is 2. The highest BCUT2D eigenvalue weighted by Gasteiger charge is 2.42. The number of nitrogens with one attached hydrogen (secondary N) is 1. The lowest BCUT2D eigenvalue weighted by atomic mass is 10.2. The maximum Gasteiger partial charge on any atom is 0.363 e. The summed E-state index contributed by atoms with van der Waals surface area (Å²) in [6, 6.07) is 6.80. The summed E-state index contributed by atoms with van der Waals surface area (Å²) in [4.78, 5) is 23.2. The van der Waals surface area contributed by atoms with Crippen LogP contribution in [0, 0.1) is 0 Å². The molecule has 1 aromatic carbocycles. The molecule has 128 valence electrons. The van der Waals surface area contributed by atoms with Crippen molar-refractivity contribution in [3.63, 3.8) is 0 Å². The second-order valence-electron chi connectivity index (χ2n) is 4.21. The first-order valence-electron chi connectivity index (χ1n) is 6.36. The van der Waals surface area contributed by atoms with E-state index in [2.05, 4.69) is 17.9 Å². The third kappa shape index (κ3) is 5.54. The molecule has 0 aliphatic rings. The molecule has 1 rings (SSSR count). The van der Waals surface area contributed by atoms with E-state index in [-0.39, 0.29) is 6.61 Å². The molecule has 1 N–H and O–H groups in total. The average Bonchev–Trinajstić information content (AvgIpc) is 2.57. The molecular weight excluding hydrogens is 345 g/mol. The molecule has 0 spiro atoms. The van der Waals surface area contributed by atoms with E-state index in [1.807, 2.05) is 0 Å². The van der Waals surface area contributed by atoms with Crippen molar-refractivity contribution in [2.45, 2.75) is 12.4 Å². The van der Waals surface area contributed by atoms with Gasteiger partial charge in [-0.15, -0.1) is 0 Å². The molecule has 0 radical (unpaired) electrons. The fourth-order valence-corrected chi connectivity index (χ4v) is 3.03. The molecule has 1 unspecified atom stereocenters. The summed E-state index contributed by atoms with van der Waals surface area (Å²) in [5, 5.41) is 1.22. The summed E-state index contributed by atoms with van der Waals surface area (Å²) < 4.78 is 31.8. The fraction of sp³-hybridized carbons (Fsp3) is 0.385. The van der Waals surface area contributed by atoms with Crippen LogP contribution in [0.2, 0.25) is 0 Å². The maximum atomic E-state index is 12.3. The van der Waals surface area contributed by atoms with Gasteiger partial charge in [-0.1, -0.05) is 24.8 Å². The number of methoxy groups -OCH3 is 1. The summed E-state index contributed by atoms with van der Waals surface area (Å²) in [6.45, 7) is -0.0881. The fourth-order valence-electron chi connectivity index (χ4n) is 1.62. The van der Waals surface area contributed by atoms with Crippen molar-refractivity contribution in [1.29, 1.82) is 0 Å². The lowest BCUT2D eigenvalue weighted by Crippen LogP contribution is -2.40. The number of thiol groups is 1. The number of carbonyl (C=O) groups excluding carboxylic acids is 2. The maximum absolute atomic E-state index is 12.3. The molecule has 0 aliphatic heterocycles. The van der Waals surface area contributed by atoms with Gasteiger partial charge in [0.1, 0.15) is 12.4 Å². The Hall–Kier alpha value is -1.54.